The Bertz CT molecular complexity index is 481. The third-order valence-corrected chi connectivity index (χ3v) is 1.91. The zero-order valence-electron chi connectivity index (χ0n) is 11.0. The molecular weight excluding hydrogens is 238 g/mol. The molecule has 0 fully saturated rings. The molecule has 98 valence electrons. The number of ether oxygens (including phenoxy) is 1. The lowest BCUT2D eigenvalue weighted by Crippen LogP contribution is -2.04. The first-order valence-electron chi connectivity index (χ1n) is 5.75. The van der Waals surface area contributed by atoms with Crippen LogP contribution in [-0.2, 0) is 9.53 Å². The van der Waals surface area contributed by atoms with E-state index < -0.39 is 0 Å². The van der Waals surface area contributed by atoms with Crippen molar-refractivity contribution in [2.75, 3.05) is 6.61 Å². The highest BCUT2D eigenvalue weighted by atomic mass is 16.5. The molecule has 0 heterocycles. The molecule has 0 aromatic heterocycles. The molecular formula is C16H17NO2. The fourth-order valence-corrected chi connectivity index (χ4v) is 1.05. The molecule has 3 heteroatoms. The number of rotatable bonds is 4. The van der Waals surface area contributed by atoms with Gasteiger partial charge in [0.2, 0.25) is 0 Å². The highest BCUT2D eigenvalue weighted by Crippen LogP contribution is 2.04. The number of benzene rings is 1. The summed E-state index contributed by atoms with van der Waals surface area (Å²) in [5, 5.41) is 7.51. The first kappa shape index (κ1) is 16.4. The van der Waals surface area contributed by atoms with Crippen LogP contribution in [0.3, 0.4) is 0 Å². The highest BCUT2D eigenvalue weighted by molar-refractivity contribution is 5.92. The lowest BCUT2D eigenvalue weighted by atomic mass is 10.2. The summed E-state index contributed by atoms with van der Waals surface area (Å²) in [7, 11) is 0. The van der Waals surface area contributed by atoms with E-state index in [-0.39, 0.29) is 5.97 Å². The maximum absolute atomic E-state index is 11.2. The van der Waals surface area contributed by atoms with Crippen molar-refractivity contribution in [2.24, 2.45) is 0 Å². The number of carbonyl (C=O) groups excluding carboxylic acids is 1. The summed E-state index contributed by atoms with van der Waals surface area (Å²) in [6, 6.07) is 11.4. The minimum atomic E-state index is -0.371. The largest absolute Gasteiger partial charge is 0.462 e. The van der Waals surface area contributed by atoms with Gasteiger partial charge in [-0.05, 0) is 18.6 Å². The second-order valence-corrected chi connectivity index (χ2v) is 3.32. The van der Waals surface area contributed by atoms with Gasteiger partial charge in [-0.1, -0.05) is 49.6 Å². The van der Waals surface area contributed by atoms with Gasteiger partial charge in [0.1, 0.15) is 0 Å². The topological polar surface area (TPSA) is 50.1 Å². The number of carbonyl (C=O) groups is 1. The lowest BCUT2D eigenvalue weighted by molar-refractivity contribution is -0.138. The molecule has 0 spiro atoms. The van der Waals surface area contributed by atoms with E-state index in [1.165, 1.54) is 6.08 Å². The quantitative estimate of drug-likeness (QED) is 0.358. The zero-order valence-corrected chi connectivity index (χ0v) is 11.0. The number of nitriles is 1. The second-order valence-electron chi connectivity index (χ2n) is 3.32. The summed E-state index contributed by atoms with van der Waals surface area (Å²) >= 11 is 0. The van der Waals surface area contributed by atoms with Crippen LogP contribution in [0.15, 0.2) is 61.2 Å². The minimum Gasteiger partial charge on any atom is -0.462 e. The van der Waals surface area contributed by atoms with Gasteiger partial charge in [0.05, 0.1) is 18.2 Å². The molecule has 3 nitrogen and oxygen atoms in total. The summed E-state index contributed by atoms with van der Waals surface area (Å²) < 4.78 is 4.80. The second kappa shape index (κ2) is 10.5. The first-order chi connectivity index (χ1) is 9.15. The monoisotopic (exact) mass is 255 g/mol. The van der Waals surface area contributed by atoms with Crippen molar-refractivity contribution < 1.29 is 9.53 Å². The molecule has 0 aliphatic rings. The van der Waals surface area contributed by atoms with Crippen LogP contribution in [0.25, 0.3) is 6.08 Å². The average Bonchev–Trinajstić information content (AvgIpc) is 2.46. The van der Waals surface area contributed by atoms with Gasteiger partial charge in [0.15, 0.2) is 0 Å². The standard InChI is InChI=1S/C13H14O2.C3H3N/c1-3-15-13(14)11(2)9-10-12-7-5-4-6-8-12;1-2-3-4/h4-10H,2-3H2,1H3;2H,1H2. The number of hydrogen-bond acceptors (Lipinski definition) is 3. The molecule has 0 saturated heterocycles. The van der Waals surface area contributed by atoms with Crippen molar-refractivity contribution >= 4 is 12.0 Å². The zero-order chi connectivity index (χ0) is 14.5. The van der Waals surface area contributed by atoms with E-state index in [4.69, 9.17) is 10.00 Å². The molecule has 0 radical (unpaired) electrons. The molecule has 0 bridgehead atoms. The number of allylic oxidation sites excluding steroid dienone is 1. The van der Waals surface area contributed by atoms with Crippen molar-refractivity contribution in [3.05, 3.63) is 66.8 Å². The van der Waals surface area contributed by atoms with Gasteiger partial charge in [-0.25, -0.2) is 4.79 Å². The Morgan fingerprint density at radius 1 is 1.42 bits per heavy atom. The fraction of sp³-hybridized carbons (Fsp3) is 0.125. The number of nitrogens with zero attached hydrogens (tertiary/aromatic N) is 1. The smallest absolute Gasteiger partial charge is 0.337 e. The van der Waals surface area contributed by atoms with Gasteiger partial charge in [-0.2, -0.15) is 5.26 Å². The average molecular weight is 255 g/mol. The third-order valence-electron chi connectivity index (χ3n) is 1.91. The highest BCUT2D eigenvalue weighted by Gasteiger charge is 2.02. The molecule has 0 amide bonds. The Hall–Kier alpha value is -2.60. The van der Waals surface area contributed by atoms with Gasteiger partial charge < -0.3 is 4.74 Å². The van der Waals surface area contributed by atoms with Crippen molar-refractivity contribution in [1.29, 1.82) is 5.26 Å². The Kier molecular flexibility index (Phi) is 9.10. The SMILES string of the molecule is C=C(C=Cc1ccccc1)C(=O)OCC.C=CC#N. The van der Waals surface area contributed by atoms with E-state index in [2.05, 4.69) is 13.2 Å². The summed E-state index contributed by atoms with van der Waals surface area (Å²) in [6.45, 7) is 8.89. The van der Waals surface area contributed by atoms with Crippen molar-refractivity contribution in [2.45, 2.75) is 6.92 Å². The maximum Gasteiger partial charge on any atom is 0.337 e. The molecule has 1 aromatic rings. The molecule has 1 rings (SSSR count). The van der Waals surface area contributed by atoms with Crippen LogP contribution in [0.5, 0.6) is 0 Å². The van der Waals surface area contributed by atoms with E-state index in [1.54, 1.807) is 19.1 Å². The summed E-state index contributed by atoms with van der Waals surface area (Å²) in [5.41, 5.74) is 1.39. The van der Waals surface area contributed by atoms with Gasteiger partial charge in [0, 0.05) is 6.08 Å². The summed E-state index contributed by atoms with van der Waals surface area (Å²) in [5.74, 6) is -0.371. The molecule has 0 saturated carbocycles. The van der Waals surface area contributed by atoms with Gasteiger partial charge in [0.25, 0.3) is 0 Å². The lowest BCUT2D eigenvalue weighted by Gasteiger charge is -1.99. The molecule has 0 aliphatic carbocycles. The Morgan fingerprint density at radius 3 is 2.47 bits per heavy atom. The molecule has 1 aromatic carbocycles. The van der Waals surface area contributed by atoms with Crippen molar-refractivity contribution in [3.8, 4) is 6.07 Å². The molecule has 0 unspecified atom stereocenters. The normalized spacial score (nSPS) is 8.84. The van der Waals surface area contributed by atoms with Crippen LogP contribution >= 0.6 is 0 Å². The van der Waals surface area contributed by atoms with Crippen LogP contribution in [0.2, 0.25) is 0 Å². The minimum absolute atomic E-state index is 0.362. The predicted octanol–water partition coefficient (Wildman–Crippen LogP) is 3.52. The van der Waals surface area contributed by atoms with Crippen molar-refractivity contribution in [3.63, 3.8) is 0 Å². The van der Waals surface area contributed by atoms with Crippen LogP contribution in [0.1, 0.15) is 12.5 Å². The van der Waals surface area contributed by atoms with Crippen molar-refractivity contribution in [1.82, 2.24) is 0 Å². The molecule has 0 atom stereocenters. The predicted molar refractivity (Wildman–Crippen MR) is 77.1 cm³/mol. The molecule has 19 heavy (non-hydrogen) atoms. The van der Waals surface area contributed by atoms with Gasteiger partial charge in [-0.3, -0.25) is 0 Å². The number of esters is 1. The van der Waals surface area contributed by atoms with E-state index in [0.717, 1.165) is 5.56 Å². The van der Waals surface area contributed by atoms with E-state index in [9.17, 15) is 4.79 Å². The van der Waals surface area contributed by atoms with Crippen LogP contribution in [0.4, 0.5) is 0 Å². The van der Waals surface area contributed by atoms with Gasteiger partial charge >= 0.3 is 5.97 Å². The summed E-state index contributed by atoms with van der Waals surface area (Å²) in [6.07, 6.45) is 4.67. The van der Waals surface area contributed by atoms with E-state index >= 15 is 0 Å². The van der Waals surface area contributed by atoms with E-state index in [0.29, 0.717) is 12.2 Å². The Labute approximate surface area is 114 Å². The fourth-order valence-electron chi connectivity index (χ4n) is 1.05. The molecule has 0 N–H and O–H groups in total. The van der Waals surface area contributed by atoms with E-state index in [1.807, 2.05) is 36.4 Å². The number of hydrogen-bond donors (Lipinski definition) is 0. The Balaban J connectivity index is 0.000000711. The molecule has 0 aliphatic heterocycles. The van der Waals surface area contributed by atoms with Crippen LogP contribution in [0, 0.1) is 11.3 Å². The Morgan fingerprint density at radius 2 is 2.00 bits per heavy atom. The summed E-state index contributed by atoms with van der Waals surface area (Å²) in [4.78, 5) is 11.2. The van der Waals surface area contributed by atoms with Gasteiger partial charge in [-0.15, -0.1) is 0 Å². The maximum atomic E-state index is 11.2. The van der Waals surface area contributed by atoms with Crippen LogP contribution < -0.4 is 0 Å². The third kappa shape index (κ3) is 8.17. The van der Waals surface area contributed by atoms with Crippen LogP contribution in [-0.4, -0.2) is 12.6 Å². The first-order valence-corrected chi connectivity index (χ1v) is 5.75.